The van der Waals surface area contributed by atoms with Crippen LogP contribution in [0.5, 0.6) is 0 Å². The first-order chi connectivity index (χ1) is 13.0. The summed E-state index contributed by atoms with van der Waals surface area (Å²) in [6, 6.07) is 8.58. The fourth-order valence-corrected chi connectivity index (χ4v) is 4.40. The van der Waals surface area contributed by atoms with Crippen molar-refractivity contribution in [2.45, 2.75) is 17.7 Å². The maximum Gasteiger partial charge on any atom is 0.319 e. The van der Waals surface area contributed by atoms with Crippen molar-refractivity contribution >= 4 is 21.7 Å². The number of nitrogens with zero attached hydrogens (tertiary/aromatic N) is 2. The van der Waals surface area contributed by atoms with Gasteiger partial charge in [-0.2, -0.15) is 4.31 Å². The monoisotopic (exact) mass is 392 g/mol. The number of carbonyl (C=O) groups is 1. The fraction of sp³-hybridized carbons (Fsp3) is 0.333. The van der Waals surface area contributed by atoms with Crippen molar-refractivity contribution in [3.63, 3.8) is 0 Å². The Morgan fingerprint density at radius 1 is 1.19 bits per heavy atom. The van der Waals surface area contributed by atoms with Gasteiger partial charge in [-0.1, -0.05) is 12.1 Å². The molecular formula is C18H21FN4O3S. The first-order valence-electron chi connectivity index (χ1n) is 8.66. The topological polar surface area (TPSA) is 91.4 Å². The van der Waals surface area contributed by atoms with Crippen LogP contribution in [-0.2, 0) is 10.0 Å². The number of carbonyl (C=O) groups excluding carboxylic acids is 1. The van der Waals surface area contributed by atoms with Gasteiger partial charge in [-0.05, 0) is 43.0 Å². The largest absolute Gasteiger partial charge is 0.338 e. The van der Waals surface area contributed by atoms with Crippen molar-refractivity contribution in [3.05, 3.63) is 54.6 Å². The third-order valence-electron chi connectivity index (χ3n) is 4.52. The van der Waals surface area contributed by atoms with E-state index in [1.54, 1.807) is 18.2 Å². The second-order valence-corrected chi connectivity index (χ2v) is 8.29. The summed E-state index contributed by atoms with van der Waals surface area (Å²) >= 11 is 0. The van der Waals surface area contributed by atoms with Crippen molar-refractivity contribution in [2.24, 2.45) is 5.92 Å². The van der Waals surface area contributed by atoms with E-state index in [-0.39, 0.29) is 16.5 Å². The van der Waals surface area contributed by atoms with E-state index < -0.39 is 21.9 Å². The quantitative estimate of drug-likeness (QED) is 0.818. The second-order valence-electron chi connectivity index (χ2n) is 6.35. The molecule has 0 aliphatic carbocycles. The number of nitrogens with one attached hydrogen (secondary N) is 2. The Morgan fingerprint density at radius 2 is 1.93 bits per heavy atom. The Morgan fingerprint density at radius 3 is 2.59 bits per heavy atom. The van der Waals surface area contributed by atoms with Gasteiger partial charge in [0.15, 0.2) is 0 Å². The van der Waals surface area contributed by atoms with Crippen molar-refractivity contribution in [1.82, 2.24) is 14.6 Å². The molecule has 2 heterocycles. The molecule has 1 fully saturated rings. The number of rotatable bonds is 5. The zero-order valence-corrected chi connectivity index (χ0v) is 15.5. The minimum absolute atomic E-state index is 0.118. The van der Waals surface area contributed by atoms with E-state index >= 15 is 0 Å². The number of urea groups is 1. The summed E-state index contributed by atoms with van der Waals surface area (Å²) in [5, 5.41) is 5.18. The minimum Gasteiger partial charge on any atom is -0.338 e. The molecule has 0 bridgehead atoms. The van der Waals surface area contributed by atoms with Crippen LogP contribution in [0.1, 0.15) is 12.8 Å². The van der Waals surface area contributed by atoms with Gasteiger partial charge in [0.2, 0.25) is 10.0 Å². The van der Waals surface area contributed by atoms with Gasteiger partial charge in [0.1, 0.15) is 10.7 Å². The van der Waals surface area contributed by atoms with E-state index in [9.17, 15) is 17.6 Å². The van der Waals surface area contributed by atoms with E-state index in [1.165, 1.54) is 34.9 Å². The molecule has 1 aromatic carbocycles. The Bertz CT molecular complexity index is 884. The number of benzene rings is 1. The minimum atomic E-state index is -3.53. The van der Waals surface area contributed by atoms with Gasteiger partial charge in [0.25, 0.3) is 0 Å². The first-order valence-corrected chi connectivity index (χ1v) is 10.1. The molecule has 2 N–H and O–H groups in total. The van der Waals surface area contributed by atoms with E-state index in [4.69, 9.17) is 0 Å². The van der Waals surface area contributed by atoms with Crippen LogP contribution in [0.15, 0.2) is 53.7 Å². The third kappa shape index (κ3) is 4.81. The summed E-state index contributed by atoms with van der Waals surface area (Å²) in [5.41, 5.74) is 0.118. The van der Waals surface area contributed by atoms with Crippen molar-refractivity contribution in [3.8, 4) is 0 Å². The molecule has 0 spiro atoms. The highest BCUT2D eigenvalue weighted by atomic mass is 32.2. The predicted molar refractivity (Wildman–Crippen MR) is 99.1 cm³/mol. The normalized spacial score (nSPS) is 16.0. The molecule has 0 atom stereocenters. The number of pyridine rings is 1. The number of hydrogen-bond acceptors (Lipinski definition) is 4. The number of amides is 2. The lowest BCUT2D eigenvalue weighted by Gasteiger charge is -2.31. The van der Waals surface area contributed by atoms with E-state index in [2.05, 4.69) is 15.6 Å². The molecule has 1 aromatic heterocycles. The summed E-state index contributed by atoms with van der Waals surface area (Å²) in [7, 11) is -3.53. The summed E-state index contributed by atoms with van der Waals surface area (Å²) in [6.45, 7) is 1.18. The van der Waals surface area contributed by atoms with Crippen LogP contribution >= 0.6 is 0 Å². The van der Waals surface area contributed by atoms with Crippen molar-refractivity contribution < 1.29 is 17.6 Å². The molecule has 2 aromatic rings. The van der Waals surface area contributed by atoms with Crippen LogP contribution < -0.4 is 10.6 Å². The number of hydrogen-bond donors (Lipinski definition) is 2. The smallest absolute Gasteiger partial charge is 0.319 e. The number of para-hydroxylation sites is 1. The third-order valence-corrected chi connectivity index (χ3v) is 6.40. The number of sulfonamides is 1. The van der Waals surface area contributed by atoms with Gasteiger partial charge in [0, 0.05) is 32.0 Å². The number of aromatic nitrogens is 1. The fourth-order valence-electron chi connectivity index (χ4n) is 2.97. The summed E-state index contributed by atoms with van der Waals surface area (Å²) in [5.74, 6) is -0.335. The lowest BCUT2D eigenvalue weighted by Crippen LogP contribution is -2.42. The van der Waals surface area contributed by atoms with Crippen LogP contribution in [0.4, 0.5) is 14.9 Å². The Hall–Kier alpha value is -2.52. The molecule has 3 rings (SSSR count). The van der Waals surface area contributed by atoms with E-state index in [1.807, 2.05) is 0 Å². The number of anilines is 1. The summed E-state index contributed by atoms with van der Waals surface area (Å²) in [4.78, 5) is 16.0. The first kappa shape index (κ1) is 19.2. The van der Waals surface area contributed by atoms with Gasteiger partial charge in [0.05, 0.1) is 5.69 Å². The summed E-state index contributed by atoms with van der Waals surface area (Å²) in [6.07, 6.45) is 4.15. The van der Waals surface area contributed by atoms with Crippen molar-refractivity contribution in [2.75, 3.05) is 25.0 Å². The van der Waals surface area contributed by atoms with Gasteiger partial charge in [-0.3, -0.25) is 4.98 Å². The standard InChI is InChI=1S/C18H21FN4O3S/c19-16-5-1-2-6-17(16)22-18(24)21-12-14-7-10-23(11-8-14)27(25,26)15-4-3-9-20-13-15/h1-6,9,13-14H,7-8,10-12H2,(H2,21,22,24). The molecule has 9 heteroatoms. The highest BCUT2D eigenvalue weighted by molar-refractivity contribution is 7.89. The van der Waals surface area contributed by atoms with Crippen LogP contribution in [0.2, 0.25) is 0 Å². The number of piperidine rings is 1. The van der Waals surface area contributed by atoms with E-state index in [0.717, 1.165) is 0 Å². The van der Waals surface area contributed by atoms with Gasteiger partial charge >= 0.3 is 6.03 Å². The molecular weight excluding hydrogens is 371 g/mol. The average molecular weight is 392 g/mol. The molecule has 1 aliphatic rings. The zero-order valence-electron chi connectivity index (χ0n) is 14.6. The van der Waals surface area contributed by atoms with Gasteiger partial charge in [-0.25, -0.2) is 17.6 Å². The Kier molecular flexibility index (Phi) is 6.02. The highest BCUT2D eigenvalue weighted by Gasteiger charge is 2.29. The SMILES string of the molecule is O=C(NCC1CCN(S(=O)(=O)c2cccnc2)CC1)Nc1ccccc1F. The van der Waals surface area contributed by atoms with Crippen LogP contribution in [-0.4, -0.2) is 43.4 Å². The zero-order chi connectivity index (χ0) is 19.3. The van der Waals surface area contributed by atoms with Gasteiger partial charge in [-0.15, -0.1) is 0 Å². The second kappa shape index (κ2) is 8.45. The van der Waals surface area contributed by atoms with Gasteiger partial charge < -0.3 is 10.6 Å². The summed E-state index contributed by atoms with van der Waals surface area (Å²) < 4.78 is 40.1. The molecule has 144 valence electrons. The maximum atomic E-state index is 13.5. The van der Waals surface area contributed by atoms with Crippen molar-refractivity contribution in [1.29, 1.82) is 0 Å². The molecule has 27 heavy (non-hydrogen) atoms. The van der Waals surface area contributed by atoms with Crippen LogP contribution in [0.3, 0.4) is 0 Å². The number of halogens is 1. The van der Waals surface area contributed by atoms with Crippen LogP contribution in [0.25, 0.3) is 0 Å². The molecule has 0 unspecified atom stereocenters. The molecule has 1 aliphatic heterocycles. The maximum absolute atomic E-state index is 13.5. The predicted octanol–water partition coefficient (Wildman–Crippen LogP) is 2.44. The molecule has 0 saturated carbocycles. The highest BCUT2D eigenvalue weighted by Crippen LogP contribution is 2.23. The average Bonchev–Trinajstić information content (AvgIpc) is 2.69. The molecule has 7 nitrogen and oxygen atoms in total. The molecule has 2 amide bonds. The lowest BCUT2D eigenvalue weighted by molar-refractivity contribution is 0.240. The molecule has 0 radical (unpaired) electrons. The molecule has 1 saturated heterocycles. The Balaban J connectivity index is 1.47. The Labute approximate surface area is 157 Å². The lowest BCUT2D eigenvalue weighted by atomic mass is 9.98. The van der Waals surface area contributed by atoms with E-state index in [0.29, 0.717) is 32.5 Å². The van der Waals surface area contributed by atoms with Crippen LogP contribution in [0, 0.1) is 11.7 Å².